The highest BCUT2D eigenvalue weighted by molar-refractivity contribution is 7.71. The van der Waals surface area contributed by atoms with Crippen molar-refractivity contribution in [3.05, 3.63) is 40.9 Å². The minimum atomic E-state index is 0.617. The van der Waals surface area contributed by atoms with Crippen LogP contribution in [0.4, 0.5) is 0 Å². The van der Waals surface area contributed by atoms with Crippen molar-refractivity contribution in [1.29, 1.82) is 0 Å². The largest absolute Gasteiger partial charge is 0.381 e. The maximum Gasteiger partial charge on any atom is 0.199 e. The molecular weight excluding hydrogens is 246 g/mol. The van der Waals surface area contributed by atoms with Crippen LogP contribution >= 0.6 is 12.2 Å². The Morgan fingerprint density at radius 2 is 2.06 bits per heavy atom. The second-order valence-electron chi connectivity index (χ2n) is 3.98. The number of benzene rings is 1. The zero-order valence-electron chi connectivity index (χ0n) is 10.4. The topological polar surface area (TPSA) is 42.8 Å². The number of aromatic nitrogens is 3. The molecule has 2 rings (SSSR count). The summed E-state index contributed by atoms with van der Waals surface area (Å²) >= 11 is 5.26. The quantitative estimate of drug-likeness (QED) is 0.643. The number of nitrogens with one attached hydrogen (secondary N) is 1. The molecule has 1 aromatic heterocycles. The van der Waals surface area contributed by atoms with E-state index in [4.69, 9.17) is 17.0 Å². The van der Waals surface area contributed by atoms with E-state index >= 15 is 0 Å². The van der Waals surface area contributed by atoms with Crippen LogP contribution in [-0.4, -0.2) is 28.0 Å². The first kappa shape index (κ1) is 13.0. The molecule has 4 nitrogen and oxygen atoms in total. The Hall–Kier alpha value is -1.46. The molecule has 0 fully saturated rings. The van der Waals surface area contributed by atoms with Crippen molar-refractivity contribution in [2.45, 2.75) is 19.8 Å². The summed E-state index contributed by atoms with van der Waals surface area (Å²) in [5.41, 5.74) is 1.03. The normalized spacial score (nSPS) is 10.7. The molecule has 0 radical (unpaired) electrons. The van der Waals surface area contributed by atoms with E-state index in [-0.39, 0.29) is 0 Å². The highest BCUT2D eigenvalue weighted by Crippen LogP contribution is 2.10. The monoisotopic (exact) mass is 263 g/mol. The minimum Gasteiger partial charge on any atom is -0.381 e. The summed E-state index contributed by atoms with van der Waals surface area (Å²) in [6.45, 7) is 3.55. The third kappa shape index (κ3) is 3.05. The third-order valence-electron chi connectivity index (χ3n) is 2.57. The van der Waals surface area contributed by atoms with Gasteiger partial charge in [-0.1, -0.05) is 25.1 Å². The van der Waals surface area contributed by atoms with Crippen molar-refractivity contribution in [2.24, 2.45) is 0 Å². The lowest BCUT2D eigenvalue weighted by atomic mass is 10.3. The summed E-state index contributed by atoms with van der Waals surface area (Å²) in [4.78, 5) is 0. The third-order valence-corrected chi connectivity index (χ3v) is 2.85. The fourth-order valence-electron chi connectivity index (χ4n) is 1.75. The molecule has 18 heavy (non-hydrogen) atoms. The summed E-state index contributed by atoms with van der Waals surface area (Å²) in [5, 5.41) is 7.09. The highest BCUT2D eigenvalue weighted by Gasteiger charge is 2.07. The lowest BCUT2D eigenvalue weighted by Gasteiger charge is -2.06. The Bertz CT molecular complexity index is 533. The van der Waals surface area contributed by atoms with Gasteiger partial charge in [0, 0.05) is 18.7 Å². The molecule has 0 unspecified atom stereocenters. The Labute approximate surface area is 112 Å². The zero-order valence-corrected chi connectivity index (χ0v) is 11.2. The van der Waals surface area contributed by atoms with E-state index in [1.165, 1.54) is 0 Å². The molecular formula is C13H17N3OS. The van der Waals surface area contributed by atoms with Gasteiger partial charge in [0.1, 0.15) is 5.82 Å². The number of hydrogen-bond acceptors (Lipinski definition) is 3. The molecule has 0 bridgehead atoms. The van der Waals surface area contributed by atoms with Crippen LogP contribution in [0.5, 0.6) is 0 Å². The summed E-state index contributed by atoms with van der Waals surface area (Å²) < 4.78 is 8.05. The second kappa shape index (κ2) is 6.47. The van der Waals surface area contributed by atoms with E-state index in [1.54, 1.807) is 0 Å². The number of ether oxygens (including phenoxy) is 1. The van der Waals surface area contributed by atoms with Crippen molar-refractivity contribution in [1.82, 2.24) is 14.8 Å². The number of H-pyrrole nitrogens is 1. The Morgan fingerprint density at radius 1 is 1.28 bits per heavy atom. The summed E-state index contributed by atoms with van der Waals surface area (Å²) in [7, 11) is 0. The van der Waals surface area contributed by atoms with Crippen LogP contribution in [0.1, 0.15) is 19.2 Å². The fourth-order valence-corrected chi connectivity index (χ4v) is 2.01. The van der Waals surface area contributed by atoms with Crippen molar-refractivity contribution in [2.75, 3.05) is 13.2 Å². The molecule has 0 aliphatic rings. The van der Waals surface area contributed by atoms with E-state index < -0.39 is 0 Å². The summed E-state index contributed by atoms with van der Waals surface area (Å²) in [5.74, 6) is 0.905. The Kier molecular flexibility index (Phi) is 4.66. The molecule has 0 aliphatic heterocycles. The van der Waals surface area contributed by atoms with Crippen molar-refractivity contribution in [3.63, 3.8) is 0 Å². The van der Waals surface area contributed by atoms with Gasteiger partial charge >= 0.3 is 0 Å². The molecule has 2 aromatic rings. The van der Waals surface area contributed by atoms with Gasteiger partial charge in [0.2, 0.25) is 0 Å². The minimum absolute atomic E-state index is 0.617. The second-order valence-corrected chi connectivity index (χ2v) is 4.37. The van der Waals surface area contributed by atoms with Crippen LogP contribution in [0.2, 0.25) is 0 Å². The number of aromatic amines is 1. The lowest BCUT2D eigenvalue weighted by Crippen LogP contribution is -2.06. The first-order valence-electron chi connectivity index (χ1n) is 6.12. The number of nitrogens with zero attached hydrogens (tertiary/aromatic N) is 2. The summed E-state index contributed by atoms with van der Waals surface area (Å²) in [6.07, 6.45) is 1.79. The van der Waals surface area contributed by atoms with Gasteiger partial charge in [0.15, 0.2) is 4.77 Å². The molecule has 1 N–H and O–H groups in total. The van der Waals surface area contributed by atoms with Gasteiger partial charge in [0.05, 0.1) is 6.61 Å². The molecule has 1 heterocycles. The predicted molar refractivity (Wildman–Crippen MR) is 73.6 cm³/mol. The first-order valence-corrected chi connectivity index (χ1v) is 6.53. The van der Waals surface area contributed by atoms with E-state index in [9.17, 15) is 0 Å². The smallest absolute Gasteiger partial charge is 0.199 e. The van der Waals surface area contributed by atoms with Gasteiger partial charge in [0.25, 0.3) is 0 Å². The molecule has 0 aliphatic carbocycles. The molecule has 96 valence electrons. The number of hydrogen-bond donors (Lipinski definition) is 1. The van der Waals surface area contributed by atoms with Gasteiger partial charge in [-0.25, -0.2) is 0 Å². The standard InChI is InChI=1S/C13H17N3OS/c1-2-9-17-10-8-12-14-15-13(18)16(12)11-6-4-3-5-7-11/h3-7H,2,8-10H2,1H3,(H,15,18). The van der Waals surface area contributed by atoms with Crippen LogP contribution in [0.3, 0.4) is 0 Å². The van der Waals surface area contributed by atoms with Gasteiger partial charge in [-0.3, -0.25) is 9.67 Å². The average Bonchev–Trinajstić information content (AvgIpc) is 2.77. The molecule has 0 atom stereocenters. The van der Waals surface area contributed by atoms with E-state index in [1.807, 2.05) is 34.9 Å². The maximum atomic E-state index is 5.49. The zero-order chi connectivity index (χ0) is 12.8. The number of rotatable bonds is 6. The van der Waals surface area contributed by atoms with E-state index in [2.05, 4.69) is 17.1 Å². The van der Waals surface area contributed by atoms with Gasteiger partial charge in [-0.15, -0.1) is 0 Å². The first-order chi connectivity index (χ1) is 8.83. The molecule has 5 heteroatoms. The molecule has 0 spiro atoms. The highest BCUT2D eigenvalue weighted by atomic mass is 32.1. The summed E-state index contributed by atoms with van der Waals surface area (Å²) in [6, 6.07) is 9.99. The van der Waals surface area contributed by atoms with Gasteiger partial charge in [-0.05, 0) is 30.8 Å². The van der Waals surface area contributed by atoms with Crippen LogP contribution in [0.25, 0.3) is 5.69 Å². The maximum absolute atomic E-state index is 5.49. The number of para-hydroxylation sites is 1. The fraction of sp³-hybridized carbons (Fsp3) is 0.385. The Morgan fingerprint density at radius 3 is 2.78 bits per heavy atom. The van der Waals surface area contributed by atoms with Crippen molar-refractivity contribution >= 4 is 12.2 Å². The molecule has 0 saturated heterocycles. The van der Waals surface area contributed by atoms with Gasteiger partial charge in [-0.2, -0.15) is 5.10 Å². The van der Waals surface area contributed by atoms with E-state index in [0.29, 0.717) is 11.4 Å². The van der Waals surface area contributed by atoms with Crippen LogP contribution in [-0.2, 0) is 11.2 Å². The van der Waals surface area contributed by atoms with Crippen LogP contribution < -0.4 is 0 Å². The molecule has 1 aromatic carbocycles. The lowest BCUT2D eigenvalue weighted by molar-refractivity contribution is 0.136. The van der Waals surface area contributed by atoms with Crippen LogP contribution in [0.15, 0.2) is 30.3 Å². The van der Waals surface area contributed by atoms with Gasteiger partial charge < -0.3 is 4.74 Å². The van der Waals surface area contributed by atoms with E-state index in [0.717, 1.165) is 31.0 Å². The predicted octanol–water partition coefficient (Wildman–Crippen LogP) is 2.90. The Balaban J connectivity index is 2.15. The average molecular weight is 263 g/mol. The molecule has 0 saturated carbocycles. The SMILES string of the molecule is CCCOCCc1n[nH]c(=S)n1-c1ccccc1. The van der Waals surface area contributed by atoms with Crippen molar-refractivity contribution in [3.8, 4) is 5.69 Å². The van der Waals surface area contributed by atoms with Crippen LogP contribution in [0, 0.1) is 4.77 Å². The molecule has 0 amide bonds. The van der Waals surface area contributed by atoms with Crippen molar-refractivity contribution < 1.29 is 4.74 Å².